The van der Waals surface area contributed by atoms with Crippen molar-refractivity contribution in [2.45, 2.75) is 71.6 Å². The van der Waals surface area contributed by atoms with E-state index in [4.69, 9.17) is 16.6 Å². The molecule has 1 aromatic heterocycles. The van der Waals surface area contributed by atoms with Crippen LogP contribution in [0.15, 0.2) is 48.5 Å². The second kappa shape index (κ2) is 12.6. The molecule has 3 aromatic rings. The summed E-state index contributed by atoms with van der Waals surface area (Å²) in [5, 5.41) is 4.73. The van der Waals surface area contributed by atoms with Crippen molar-refractivity contribution in [1.82, 2.24) is 10.3 Å². The van der Waals surface area contributed by atoms with Crippen LogP contribution in [0, 0.1) is 6.92 Å². The lowest BCUT2D eigenvalue weighted by atomic mass is 9.97. The van der Waals surface area contributed by atoms with Crippen LogP contribution in [0.1, 0.15) is 80.6 Å². The van der Waals surface area contributed by atoms with E-state index >= 15 is 0 Å². The molecule has 0 fully saturated rings. The summed E-state index contributed by atoms with van der Waals surface area (Å²) in [7, 11) is 0. The number of pyridine rings is 1. The van der Waals surface area contributed by atoms with E-state index in [2.05, 4.69) is 12.2 Å². The highest BCUT2D eigenvalue weighted by molar-refractivity contribution is 6.30. The zero-order valence-electron chi connectivity index (χ0n) is 19.4. The van der Waals surface area contributed by atoms with Crippen LogP contribution in [-0.2, 0) is 0 Å². The number of unbranched alkanes of at least 4 members (excludes halogenated alkanes) is 8. The first-order chi connectivity index (χ1) is 15.6. The SMILES string of the molecule is CCCCCCCCCCCNC(=O)c1c(C)c(-c2ccc(Cl)cc2)nc2ccccc12. The predicted molar refractivity (Wildman–Crippen MR) is 136 cm³/mol. The molecule has 3 rings (SSSR count). The molecule has 0 radical (unpaired) electrons. The summed E-state index contributed by atoms with van der Waals surface area (Å²) in [4.78, 5) is 18.0. The van der Waals surface area contributed by atoms with Gasteiger partial charge in [-0.3, -0.25) is 4.79 Å². The average molecular weight is 451 g/mol. The molecular formula is C28H35ClN2O. The standard InChI is InChI=1S/C28H35ClN2O/c1-3-4-5-6-7-8-9-10-13-20-30-28(32)26-21(2)27(22-16-18-23(29)19-17-22)31-25-15-12-11-14-24(25)26/h11-12,14-19H,3-10,13,20H2,1-2H3,(H,30,32). The Morgan fingerprint density at radius 3 is 2.19 bits per heavy atom. The van der Waals surface area contributed by atoms with Gasteiger partial charge >= 0.3 is 0 Å². The Balaban J connectivity index is 1.63. The normalized spacial score (nSPS) is 11.1. The van der Waals surface area contributed by atoms with E-state index in [0.29, 0.717) is 11.6 Å². The highest BCUT2D eigenvalue weighted by Crippen LogP contribution is 2.30. The van der Waals surface area contributed by atoms with Crippen LogP contribution in [-0.4, -0.2) is 17.4 Å². The van der Waals surface area contributed by atoms with E-state index in [9.17, 15) is 4.79 Å². The van der Waals surface area contributed by atoms with Gasteiger partial charge in [0, 0.05) is 22.5 Å². The molecule has 0 saturated carbocycles. The summed E-state index contributed by atoms with van der Waals surface area (Å²) in [6.45, 7) is 4.95. The average Bonchev–Trinajstić information content (AvgIpc) is 2.80. The van der Waals surface area contributed by atoms with Gasteiger partial charge < -0.3 is 5.32 Å². The molecule has 0 saturated heterocycles. The van der Waals surface area contributed by atoms with Crippen LogP contribution < -0.4 is 5.32 Å². The van der Waals surface area contributed by atoms with Crippen molar-refractivity contribution in [1.29, 1.82) is 0 Å². The summed E-state index contributed by atoms with van der Waals surface area (Å²) >= 11 is 6.06. The number of aromatic nitrogens is 1. The molecule has 1 N–H and O–H groups in total. The predicted octanol–water partition coefficient (Wildman–Crippen LogP) is 8.12. The Kier molecular flexibility index (Phi) is 9.55. The fourth-order valence-corrected chi connectivity index (χ4v) is 4.34. The maximum absolute atomic E-state index is 13.2. The van der Waals surface area contributed by atoms with E-state index in [0.717, 1.165) is 39.7 Å². The number of hydrogen-bond acceptors (Lipinski definition) is 2. The highest BCUT2D eigenvalue weighted by atomic mass is 35.5. The van der Waals surface area contributed by atoms with Gasteiger partial charge in [-0.1, -0.05) is 100 Å². The molecule has 32 heavy (non-hydrogen) atoms. The Bertz CT molecular complexity index is 1010. The number of fused-ring (bicyclic) bond motifs is 1. The molecule has 0 unspecified atom stereocenters. The fraction of sp³-hybridized carbons (Fsp3) is 0.429. The Morgan fingerprint density at radius 1 is 0.875 bits per heavy atom. The van der Waals surface area contributed by atoms with E-state index in [1.54, 1.807) is 0 Å². The minimum Gasteiger partial charge on any atom is -0.352 e. The monoisotopic (exact) mass is 450 g/mol. The smallest absolute Gasteiger partial charge is 0.252 e. The number of rotatable bonds is 12. The Morgan fingerprint density at radius 2 is 1.50 bits per heavy atom. The summed E-state index contributed by atoms with van der Waals surface area (Å²) in [6.07, 6.45) is 11.5. The molecule has 3 nitrogen and oxygen atoms in total. The van der Waals surface area contributed by atoms with Crippen LogP contribution >= 0.6 is 11.6 Å². The first-order valence-electron chi connectivity index (χ1n) is 12.0. The summed E-state index contributed by atoms with van der Waals surface area (Å²) in [6, 6.07) is 15.5. The van der Waals surface area contributed by atoms with Gasteiger partial charge in [-0.2, -0.15) is 0 Å². The summed E-state index contributed by atoms with van der Waals surface area (Å²) in [5.41, 5.74) is 4.24. The largest absolute Gasteiger partial charge is 0.352 e. The molecule has 170 valence electrons. The maximum Gasteiger partial charge on any atom is 0.252 e. The number of amides is 1. The van der Waals surface area contributed by atoms with Crippen LogP contribution in [0.2, 0.25) is 5.02 Å². The number of para-hydroxylation sites is 1. The number of carbonyl (C=O) groups is 1. The molecule has 0 aliphatic heterocycles. The zero-order chi connectivity index (χ0) is 22.8. The topological polar surface area (TPSA) is 42.0 Å². The number of carbonyl (C=O) groups excluding carboxylic acids is 1. The Labute approximate surface area is 197 Å². The minimum absolute atomic E-state index is 0.0177. The molecular weight excluding hydrogens is 416 g/mol. The number of nitrogens with one attached hydrogen (secondary N) is 1. The molecule has 2 aromatic carbocycles. The van der Waals surface area contributed by atoms with Crippen molar-refractivity contribution in [2.75, 3.05) is 6.54 Å². The summed E-state index contributed by atoms with van der Waals surface area (Å²) in [5.74, 6) is -0.0177. The number of halogens is 1. The van der Waals surface area contributed by atoms with Crippen molar-refractivity contribution in [3.05, 3.63) is 64.7 Å². The second-order valence-electron chi connectivity index (χ2n) is 8.57. The molecule has 0 atom stereocenters. The maximum atomic E-state index is 13.2. The molecule has 0 aliphatic rings. The number of hydrogen-bond donors (Lipinski definition) is 1. The van der Waals surface area contributed by atoms with Gasteiger partial charge in [-0.15, -0.1) is 0 Å². The van der Waals surface area contributed by atoms with Crippen LogP contribution in [0.4, 0.5) is 0 Å². The molecule has 1 amide bonds. The van der Waals surface area contributed by atoms with Crippen LogP contribution in [0.5, 0.6) is 0 Å². The number of benzene rings is 2. The minimum atomic E-state index is -0.0177. The highest BCUT2D eigenvalue weighted by Gasteiger charge is 2.18. The van der Waals surface area contributed by atoms with Gasteiger partial charge in [-0.05, 0) is 37.1 Å². The van der Waals surface area contributed by atoms with Crippen molar-refractivity contribution in [3.8, 4) is 11.3 Å². The third kappa shape index (κ3) is 6.56. The first-order valence-corrected chi connectivity index (χ1v) is 12.4. The van der Waals surface area contributed by atoms with Crippen molar-refractivity contribution >= 4 is 28.4 Å². The fourth-order valence-electron chi connectivity index (χ4n) is 4.21. The lowest BCUT2D eigenvalue weighted by molar-refractivity contribution is 0.0954. The van der Waals surface area contributed by atoms with Gasteiger partial charge in [0.05, 0.1) is 16.8 Å². The number of nitrogens with zero attached hydrogens (tertiary/aromatic N) is 1. The van der Waals surface area contributed by atoms with Gasteiger partial charge in [0.15, 0.2) is 0 Å². The van der Waals surface area contributed by atoms with Gasteiger partial charge in [-0.25, -0.2) is 4.98 Å². The van der Waals surface area contributed by atoms with Gasteiger partial charge in [0.2, 0.25) is 0 Å². The Hall–Kier alpha value is -2.39. The zero-order valence-corrected chi connectivity index (χ0v) is 20.2. The third-order valence-corrected chi connectivity index (χ3v) is 6.30. The van der Waals surface area contributed by atoms with Gasteiger partial charge in [0.1, 0.15) is 0 Å². The van der Waals surface area contributed by atoms with E-state index < -0.39 is 0 Å². The second-order valence-corrected chi connectivity index (χ2v) is 9.01. The van der Waals surface area contributed by atoms with Crippen molar-refractivity contribution < 1.29 is 4.79 Å². The molecule has 0 aliphatic carbocycles. The first kappa shape index (κ1) is 24.3. The van der Waals surface area contributed by atoms with E-state index in [-0.39, 0.29) is 5.91 Å². The lowest BCUT2D eigenvalue weighted by Gasteiger charge is -2.15. The molecule has 0 bridgehead atoms. The molecule has 1 heterocycles. The molecule has 4 heteroatoms. The van der Waals surface area contributed by atoms with Crippen LogP contribution in [0.25, 0.3) is 22.2 Å². The van der Waals surface area contributed by atoms with E-state index in [1.807, 2.05) is 55.5 Å². The van der Waals surface area contributed by atoms with E-state index in [1.165, 1.54) is 51.4 Å². The van der Waals surface area contributed by atoms with Crippen molar-refractivity contribution in [2.24, 2.45) is 0 Å². The van der Waals surface area contributed by atoms with Gasteiger partial charge in [0.25, 0.3) is 5.91 Å². The molecule has 0 spiro atoms. The van der Waals surface area contributed by atoms with Crippen LogP contribution in [0.3, 0.4) is 0 Å². The summed E-state index contributed by atoms with van der Waals surface area (Å²) < 4.78 is 0. The van der Waals surface area contributed by atoms with Crippen molar-refractivity contribution in [3.63, 3.8) is 0 Å². The third-order valence-electron chi connectivity index (χ3n) is 6.05. The lowest BCUT2D eigenvalue weighted by Crippen LogP contribution is -2.26. The quantitative estimate of drug-likeness (QED) is 0.283.